The summed E-state index contributed by atoms with van der Waals surface area (Å²) in [5, 5.41) is 10.3. The van der Waals surface area contributed by atoms with Crippen molar-refractivity contribution in [2.45, 2.75) is 56.0 Å². The molecule has 35 heavy (non-hydrogen) atoms. The minimum absolute atomic E-state index is 0.0582. The van der Waals surface area contributed by atoms with Gasteiger partial charge in [-0.2, -0.15) is 0 Å². The van der Waals surface area contributed by atoms with Crippen molar-refractivity contribution in [2.75, 3.05) is 24.0 Å². The van der Waals surface area contributed by atoms with E-state index in [0.29, 0.717) is 6.54 Å². The Morgan fingerprint density at radius 3 is 2.54 bits per heavy atom. The van der Waals surface area contributed by atoms with Crippen LogP contribution >= 0.6 is 11.8 Å². The molecule has 3 N–H and O–H groups in total. The third-order valence-corrected chi connectivity index (χ3v) is 7.82. The fourth-order valence-corrected chi connectivity index (χ4v) is 5.90. The summed E-state index contributed by atoms with van der Waals surface area (Å²) >= 11 is 1.60. The SMILES string of the molecule is COc1ccc(CNc2ncnc(Nc3cc(C)c4c(c3)C3(CCCCC3)NC4=O)c2SC)cc1. The van der Waals surface area contributed by atoms with Crippen LogP contribution in [-0.2, 0) is 12.1 Å². The topological polar surface area (TPSA) is 88.2 Å². The number of fused-ring (bicyclic) bond motifs is 2. The van der Waals surface area contributed by atoms with E-state index in [-0.39, 0.29) is 11.4 Å². The molecule has 3 aromatic rings. The molecule has 2 aliphatic rings. The lowest BCUT2D eigenvalue weighted by Crippen LogP contribution is -2.40. The van der Waals surface area contributed by atoms with Gasteiger partial charge < -0.3 is 20.7 Å². The van der Waals surface area contributed by atoms with E-state index < -0.39 is 0 Å². The molecular formula is C27H31N5O2S. The van der Waals surface area contributed by atoms with Crippen molar-refractivity contribution in [1.29, 1.82) is 0 Å². The lowest BCUT2D eigenvalue weighted by atomic mass is 9.77. The van der Waals surface area contributed by atoms with Gasteiger partial charge in [-0.25, -0.2) is 9.97 Å². The van der Waals surface area contributed by atoms with E-state index >= 15 is 0 Å². The average Bonchev–Trinajstić information content (AvgIpc) is 3.14. The molecular weight excluding hydrogens is 458 g/mol. The summed E-state index contributed by atoms with van der Waals surface area (Å²) in [4.78, 5) is 22.8. The number of ether oxygens (including phenoxy) is 1. The van der Waals surface area contributed by atoms with Gasteiger partial charge >= 0.3 is 0 Å². The lowest BCUT2D eigenvalue weighted by molar-refractivity contribution is 0.0909. The van der Waals surface area contributed by atoms with E-state index in [4.69, 9.17) is 4.74 Å². The number of nitrogens with zero attached hydrogens (tertiary/aromatic N) is 2. The average molecular weight is 490 g/mol. The largest absolute Gasteiger partial charge is 0.497 e. The summed E-state index contributed by atoms with van der Waals surface area (Å²) in [7, 11) is 1.67. The number of anilines is 3. The number of benzene rings is 2. The molecule has 1 fully saturated rings. The molecule has 0 unspecified atom stereocenters. The molecule has 8 heteroatoms. The molecule has 2 aromatic carbocycles. The van der Waals surface area contributed by atoms with E-state index in [9.17, 15) is 4.79 Å². The van der Waals surface area contributed by atoms with Gasteiger partial charge in [-0.3, -0.25) is 4.79 Å². The quantitative estimate of drug-likeness (QED) is 0.363. The van der Waals surface area contributed by atoms with Gasteiger partial charge in [0.1, 0.15) is 23.7 Å². The Morgan fingerprint density at radius 2 is 1.83 bits per heavy atom. The van der Waals surface area contributed by atoms with Crippen LogP contribution in [0.3, 0.4) is 0 Å². The van der Waals surface area contributed by atoms with Crippen molar-refractivity contribution in [3.63, 3.8) is 0 Å². The highest BCUT2D eigenvalue weighted by molar-refractivity contribution is 7.99. The van der Waals surface area contributed by atoms with Crippen molar-refractivity contribution in [3.05, 3.63) is 65.0 Å². The standard InChI is InChI=1S/C27H31N5O2S/c1-17-13-19(14-21-22(17)26(33)32-27(21)11-5-4-6-12-27)31-25-23(35-3)24(29-16-30-25)28-15-18-7-9-20(34-2)10-8-18/h7-10,13-14,16H,4-6,11-12,15H2,1-3H3,(H,32,33)(H2,28,29,30,31). The van der Waals surface area contributed by atoms with Crippen LogP contribution in [0.15, 0.2) is 47.6 Å². The van der Waals surface area contributed by atoms with Crippen LogP contribution < -0.4 is 20.7 Å². The Hall–Kier alpha value is -3.26. The molecule has 5 rings (SSSR count). The summed E-state index contributed by atoms with van der Waals surface area (Å²) in [5.74, 6) is 2.43. The summed E-state index contributed by atoms with van der Waals surface area (Å²) in [6, 6.07) is 12.2. The molecule has 2 heterocycles. The first-order chi connectivity index (χ1) is 17.0. The van der Waals surface area contributed by atoms with Crippen molar-refractivity contribution >= 4 is 35.0 Å². The number of hydrogen-bond acceptors (Lipinski definition) is 7. The number of rotatable bonds is 7. The van der Waals surface area contributed by atoms with Gasteiger partial charge in [0, 0.05) is 17.8 Å². The van der Waals surface area contributed by atoms with Crippen LogP contribution in [0.1, 0.15) is 59.2 Å². The molecule has 1 amide bonds. The number of aromatic nitrogens is 2. The molecule has 0 atom stereocenters. The number of carbonyl (C=O) groups is 1. The lowest BCUT2D eigenvalue weighted by Gasteiger charge is -2.34. The molecule has 0 bridgehead atoms. The second kappa shape index (κ2) is 9.77. The number of aryl methyl sites for hydroxylation is 1. The van der Waals surface area contributed by atoms with Gasteiger partial charge in [-0.15, -0.1) is 11.8 Å². The van der Waals surface area contributed by atoms with E-state index in [1.165, 1.54) is 6.42 Å². The van der Waals surface area contributed by atoms with Crippen molar-refractivity contribution < 1.29 is 9.53 Å². The molecule has 1 saturated carbocycles. The molecule has 182 valence electrons. The van der Waals surface area contributed by atoms with Gasteiger partial charge in [0.05, 0.1) is 17.5 Å². The zero-order valence-corrected chi connectivity index (χ0v) is 21.2. The van der Waals surface area contributed by atoms with E-state index in [1.807, 2.05) is 43.5 Å². The first kappa shape index (κ1) is 23.5. The number of nitrogens with one attached hydrogen (secondary N) is 3. The summed E-state index contributed by atoms with van der Waals surface area (Å²) in [6.45, 7) is 2.66. The molecule has 7 nitrogen and oxygen atoms in total. The monoisotopic (exact) mass is 489 g/mol. The summed E-state index contributed by atoms with van der Waals surface area (Å²) < 4.78 is 5.24. The maximum Gasteiger partial charge on any atom is 0.252 e. The number of thioether (sulfide) groups is 1. The molecule has 1 spiro atoms. The molecule has 1 aromatic heterocycles. The first-order valence-corrected chi connectivity index (χ1v) is 13.3. The zero-order chi connectivity index (χ0) is 24.4. The van der Waals surface area contributed by atoms with E-state index in [2.05, 4.69) is 32.0 Å². The summed E-state index contributed by atoms with van der Waals surface area (Å²) in [5.41, 5.74) is 4.80. The third kappa shape index (κ3) is 4.55. The highest BCUT2D eigenvalue weighted by Gasteiger charge is 2.44. The molecule has 1 aliphatic carbocycles. The van der Waals surface area contributed by atoms with Gasteiger partial charge in [-0.05, 0) is 67.0 Å². The number of carbonyl (C=O) groups excluding carboxylic acids is 1. The smallest absolute Gasteiger partial charge is 0.252 e. The first-order valence-electron chi connectivity index (χ1n) is 12.0. The third-order valence-electron chi connectivity index (χ3n) is 7.03. The van der Waals surface area contributed by atoms with Crippen LogP contribution in [0.2, 0.25) is 0 Å². The maximum absolute atomic E-state index is 12.8. The fourth-order valence-electron chi connectivity index (χ4n) is 5.28. The van der Waals surface area contributed by atoms with Crippen LogP contribution in [0.25, 0.3) is 0 Å². The molecule has 0 saturated heterocycles. The Balaban J connectivity index is 1.41. The number of methoxy groups -OCH3 is 1. The fraction of sp³-hybridized carbons (Fsp3) is 0.370. The van der Waals surface area contributed by atoms with Gasteiger partial charge in [0.25, 0.3) is 5.91 Å². The van der Waals surface area contributed by atoms with E-state index in [0.717, 1.165) is 75.9 Å². The molecule has 1 aliphatic heterocycles. The second-order valence-corrected chi connectivity index (χ2v) is 10.1. The van der Waals surface area contributed by atoms with Crippen LogP contribution in [0.4, 0.5) is 17.3 Å². The Kier molecular flexibility index (Phi) is 6.56. The van der Waals surface area contributed by atoms with Crippen molar-refractivity contribution in [1.82, 2.24) is 15.3 Å². The summed E-state index contributed by atoms with van der Waals surface area (Å²) in [6.07, 6.45) is 9.11. The minimum Gasteiger partial charge on any atom is -0.497 e. The Morgan fingerprint density at radius 1 is 1.09 bits per heavy atom. The van der Waals surface area contributed by atoms with Crippen LogP contribution in [-0.4, -0.2) is 29.2 Å². The number of hydrogen-bond donors (Lipinski definition) is 3. The van der Waals surface area contributed by atoms with Gasteiger partial charge in [0.2, 0.25) is 0 Å². The molecule has 0 radical (unpaired) electrons. The predicted molar refractivity (Wildman–Crippen MR) is 141 cm³/mol. The van der Waals surface area contributed by atoms with Gasteiger partial charge in [0.15, 0.2) is 0 Å². The normalized spacial score (nSPS) is 16.0. The van der Waals surface area contributed by atoms with Crippen LogP contribution in [0.5, 0.6) is 5.75 Å². The number of amides is 1. The van der Waals surface area contributed by atoms with Crippen LogP contribution in [0, 0.1) is 6.92 Å². The van der Waals surface area contributed by atoms with E-state index in [1.54, 1.807) is 25.2 Å². The highest BCUT2D eigenvalue weighted by Crippen LogP contribution is 2.45. The Labute approximate surface area is 210 Å². The minimum atomic E-state index is -0.230. The maximum atomic E-state index is 12.8. The Bertz CT molecular complexity index is 1240. The highest BCUT2D eigenvalue weighted by atomic mass is 32.2. The van der Waals surface area contributed by atoms with Crippen molar-refractivity contribution in [2.24, 2.45) is 0 Å². The zero-order valence-electron chi connectivity index (χ0n) is 20.4. The van der Waals surface area contributed by atoms with Crippen molar-refractivity contribution in [3.8, 4) is 5.75 Å². The second-order valence-electron chi connectivity index (χ2n) is 9.24. The van der Waals surface area contributed by atoms with Gasteiger partial charge in [-0.1, -0.05) is 31.4 Å². The predicted octanol–water partition coefficient (Wildman–Crippen LogP) is 5.77.